The van der Waals surface area contributed by atoms with Crippen molar-refractivity contribution < 1.29 is 19.0 Å². The molecule has 5 heteroatoms. The van der Waals surface area contributed by atoms with E-state index in [1.54, 1.807) is 13.0 Å². The Morgan fingerprint density at radius 2 is 1.75 bits per heavy atom. The maximum Gasteiger partial charge on any atom is 0.127 e. The molecule has 0 aromatic heterocycles. The summed E-state index contributed by atoms with van der Waals surface area (Å²) in [4.78, 5) is 0. The number of phenolic OH excluding ortho intramolecular Hbond substituents is 1. The Balaban J connectivity index is 2.28. The summed E-state index contributed by atoms with van der Waals surface area (Å²) in [5.41, 5.74) is 1.59. The van der Waals surface area contributed by atoms with E-state index in [0.717, 1.165) is 11.6 Å². The highest BCUT2D eigenvalue weighted by Crippen LogP contribution is 2.24. The molecule has 0 saturated heterocycles. The molecule has 0 aliphatic carbocycles. The lowest BCUT2D eigenvalue weighted by Crippen LogP contribution is -2.15. The second-order valence-corrected chi connectivity index (χ2v) is 4.64. The molecule has 106 valence electrons. The van der Waals surface area contributed by atoms with Gasteiger partial charge in [0, 0.05) is 11.8 Å². The van der Waals surface area contributed by atoms with Gasteiger partial charge in [-0.05, 0) is 48.4 Å². The molecule has 3 nitrogen and oxygen atoms in total. The van der Waals surface area contributed by atoms with E-state index in [0.29, 0.717) is 11.3 Å². The van der Waals surface area contributed by atoms with Gasteiger partial charge >= 0.3 is 0 Å². The Hall–Kier alpha value is -2.14. The van der Waals surface area contributed by atoms with Gasteiger partial charge in [-0.15, -0.1) is 0 Å². The summed E-state index contributed by atoms with van der Waals surface area (Å²) in [6, 6.07) is 7.28. The third-order valence-electron chi connectivity index (χ3n) is 2.87. The number of hydrogen-bond acceptors (Lipinski definition) is 3. The van der Waals surface area contributed by atoms with Crippen molar-refractivity contribution in [3.05, 3.63) is 59.2 Å². The van der Waals surface area contributed by atoms with E-state index in [4.69, 9.17) is 0 Å². The highest BCUT2D eigenvalue weighted by atomic mass is 19.1. The number of nitrogens with one attached hydrogen (secondary N) is 1. The third kappa shape index (κ3) is 3.45. The van der Waals surface area contributed by atoms with Crippen LogP contribution in [0.1, 0.15) is 17.2 Å². The minimum Gasteiger partial charge on any atom is -0.508 e. The molecule has 0 aliphatic heterocycles. The van der Waals surface area contributed by atoms with Crippen LogP contribution in [0.5, 0.6) is 5.75 Å². The topological polar surface area (TPSA) is 52.5 Å². The fourth-order valence-electron chi connectivity index (χ4n) is 2.05. The summed E-state index contributed by atoms with van der Waals surface area (Å²) in [6.07, 6.45) is 0. The Kier molecular flexibility index (Phi) is 4.20. The minimum atomic E-state index is -0.641. The van der Waals surface area contributed by atoms with Crippen LogP contribution in [0.25, 0.3) is 0 Å². The predicted octanol–water partition coefficient (Wildman–Crippen LogP) is 3.12. The minimum absolute atomic E-state index is 0.226. The number of hydrogen-bond donors (Lipinski definition) is 3. The molecule has 0 saturated carbocycles. The molecule has 20 heavy (non-hydrogen) atoms. The van der Waals surface area contributed by atoms with Crippen molar-refractivity contribution in [1.29, 1.82) is 0 Å². The normalized spacial score (nSPS) is 12.2. The van der Waals surface area contributed by atoms with Gasteiger partial charge < -0.3 is 15.5 Å². The van der Waals surface area contributed by atoms with Crippen molar-refractivity contribution in [2.75, 3.05) is 11.9 Å². The molecular weight excluding hydrogens is 264 g/mol. The highest BCUT2D eigenvalue weighted by Gasteiger charge is 2.13. The first kappa shape index (κ1) is 14.3. The molecule has 0 aliphatic rings. The number of anilines is 1. The molecule has 2 aromatic carbocycles. The fourth-order valence-corrected chi connectivity index (χ4v) is 2.05. The van der Waals surface area contributed by atoms with E-state index in [2.05, 4.69) is 5.32 Å². The summed E-state index contributed by atoms with van der Waals surface area (Å²) in [7, 11) is 0. The number of aryl methyl sites for hydroxylation is 1. The second-order valence-electron chi connectivity index (χ2n) is 4.64. The van der Waals surface area contributed by atoms with Crippen LogP contribution in [0.4, 0.5) is 14.5 Å². The van der Waals surface area contributed by atoms with E-state index in [1.807, 2.05) is 0 Å². The standard InChI is InChI=1S/C15H15F2NO2/c1-9-2-11(16)6-13(3-9)18-15(8-19)10-4-12(17)7-14(20)5-10/h2-7,15,18-20H,8H2,1H3. The van der Waals surface area contributed by atoms with Crippen LogP contribution in [-0.2, 0) is 0 Å². The van der Waals surface area contributed by atoms with E-state index in [1.165, 1.54) is 24.3 Å². The summed E-state index contributed by atoms with van der Waals surface area (Å²) in [5.74, 6) is -1.22. The molecule has 0 bridgehead atoms. The zero-order chi connectivity index (χ0) is 14.7. The molecule has 0 radical (unpaired) electrons. The molecule has 0 spiro atoms. The number of rotatable bonds is 4. The maximum atomic E-state index is 13.3. The lowest BCUT2D eigenvalue weighted by atomic mass is 10.1. The summed E-state index contributed by atoms with van der Waals surface area (Å²) in [5, 5.41) is 21.7. The van der Waals surface area contributed by atoms with Gasteiger partial charge in [0.2, 0.25) is 0 Å². The molecule has 2 rings (SSSR count). The first-order valence-corrected chi connectivity index (χ1v) is 6.12. The Bertz CT molecular complexity index is 576. The van der Waals surface area contributed by atoms with E-state index in [-0.39, 0.29) is 12.4 Å². The van der Waals surface area contributed by atoms with Crippen molar-refractivity contribution in [2.45, 2.75) is 13.0 Å². The largest absolute Gasteiger partial charge is 0.508 e. The SMILES string of the molecule is Cc1cc(F)cc(NC(CO)c2cc(O)cc(F)c2)c1. The predicted molar refractivity (Wildman–Crippen MR) is 72.7 cm³/mol. The van der Waals surface area contributed by atoms with Gasteiger partial charge in [-0.3, -0.25) is 0 Å². The first-order valence-electron chi connectivity index (χ1n) is 6.12. The first-order chi connectivity index (χ1) is 9.47. The molecule has 0 heterocycles. The highest BCUT2D eigenvalue weighted by molar-refractivity contribution is 5.48. The second kappa shape index (κ2) is 5.88. The molecule has 3 N–H and O–H groups in total. The number of halogens is 2. The number of aliphatic hydroxyl groups is 1. The van der Waals surface area contributed by atoms with E-state index < -0.39 is 17.7 Å². The average Bonchev–Trinajstić information content (AvgIpc) is 2.33. The van der Waals surface area contributed by atoms with Crippen LogP contribution in [0.15, 0.2) is 36.4 Å². The quantitative estimate of drug-likeness (QED) is 0.806. The lowest BCUT2D eigenvalue weighted by molar-refractivity contribution is 0.276. The van der Waals surface area contributed by atoms with Crippen LogP contribution in [0, 0.1) is 18.6 Å². The van der Waals surface area contributed by atoms with Crippen LogP contribution >= 0.6 is 0 Å². The van der Waals surface area contributed by atoms with Gasteiger partial charge in [0.15, 0.2) is 0 Å². The van der Waals surface area contributed by atoms with Crippen LogP contribution in [0.2, 0.25) is 0 Å². The van der Waals surface area contributed by atoms with Gasteiger partial charge in [-0.1, -0.05) is 0 Å². The Morgan fingerprint density at radius 3 is 2.35 bits per heavy atom. The van der Waals surface area contributed by atoms with Gasteiger partial charge in [0.05, 0.1) is 12.6 Å². The third-order valence-corrected chi connectivity index (χ3v) is 2.87. The summed E-state index contributed by atoms with van der Waals surface area (Å²) in [6.45, 7) is 1.43. The monoisotopic (exact) mass is 279 g/mol. The van der Waals surface area contributed by atoms with Crippen molar-refractivity contribution in [3.63, 3.8) is 0 Å². The molecule has 1 unspecified atom stereocenters. The number of phenols is 1. The van der Waals surface area contributed by atoms with Gasteiger partial charge in [-0.2, -0.15) is 0 Å². The van der Waals surface area contributed by atoms with E-state index in [9.17, 15) is 19.0 Å². The zero-order valence-corrected chi connectivity index (χ0v) is 10.9. The van der Waals surface area contributed by atoms with Crippen LogP contribution in [-0.4, -0.2) is 16.8 Å². The molecule has 0 fully saturated rings. The Labute approximate surface area is 115 Å². The van der Waals surface area contributed by atoms with Gasteiger partial charge in [0.25, 0.3) is 0 Å². The molecule has 1 atom stereocenters. The van der Waals surface area contributed by atoms with Crippen LogP contribution < -0.4 is 5.32 Å². The van der Waals surface area contributed by atoms with Crippen LogP contribution in [0.3, 0.4) is 0 Å². The average molecular weight is 279 g/mol. The number of aliphatic hydroxyl groups excluding tert-OH is 1. The van der Waals surface area contributed by atoms with E-state index >= 15 is 0 Å². The molecular formula is C15H15F2NO2. The smallest absolute Gasteiger partial charge is 0.127 e. The van der Waals surface area contributed by atoms with Crippen molar-refractivity contribution in [1.82, 2.24) is 0 Å². The number of benzene rings is 2. The van der Waals surface area contributed by atoms with Gasteiger partial charge in [-0.25, -0.2) is 8.78 Å². The maximum absolute atomic E-state index is 13.3. The molecule has 2 aromatic rings. The van der Waals surface area contributed by atoms with Crippen molar-refractivity contribution in [3.8, 4) is 5.75 Å². The summed E-state index contributed by atoms with van der Waals surface area (Å²) >= 11 is 0. The summed E-state index contributed by atoms with van der Waals surface area (Å²) < 4.78 is 26.6. The van der Waals surface area contributed by atoms with Crippen molar-refractivity contribution in [2.24, 2.45) is 0 Å². The Morgan fingerprint density at radius 1 is 1.05 bits per heavy atom. The molecule has 0 amide bonds. The lowest BCUT2D eigenvalue weighted by Gasteiger charge is -2.19. The zero-order valence-electron chi connectivity index (χ0n) is 10.9. The fraction of sp³-hybridized carbons (Fsp3) is 0.200. The van der Waals surface area contributed by atoms with Crippen molar-refractivity contribution >= 4 is 5.69 Å². The number of aromatic hydroxyl groups is 1. The van der Waals surface area contributed by atoms with Gasteiger partial charge in [0.1, 0.15) is 17.4 Å².